The van der Waals surface area contributed by atoms with E-state index in [1.54, 1.807) is 0 Å². The van der Waals surface area contributed by atoms with Crippen molar-refractivity contribution < 1.29 is 25.9 Å². The first-order valence-electron chi connectivity index (χ1n) is 6.07. The molecule has 0 aromatic heterocycles. The molecule has 0 aliphatic heterocycles. The van der Waals surface area contributed by atoms with E-state index in [1.807, 2.05) is 0 Å². The molecule has 0 aliphatic carbocycles. The molecule has 10 nitrogen and oxygen atoms in total. The molecule has 0 bridgehead atoms. The number of rotatable bonds is 2. The molecule has 132 valence electrons. The normalized spacial score (nSPS) is 11.4. The highest BCUT2D eigenvalue weighted by Gasteiger charge is 2.12. The van der Waals surface area contributed by atoms with Gasteiger partial charge in [-0.05, 0) is 36.4 Å². The average molecular weight is 376 g/mol. The largest absolute Gasteiger partial charge is 0.399 e. The minimum atomic E-state index is -4.23. The van der Waals surface area contributed by atoms with Gasteiger partial charge in [0.1, 0.15) is 4.90 Å². The van der Waals surface area contributed by atoms with Crippen molar-refractivity contribution >= 4 is 43.0 Å². The topological polar surface area (TPSA) is 213 Å². The fourth-order valence-corrected chi connectivity index (χ4v) is 2.63. The molecule has 0 atom stereocenters. The van der Waals surface area contributed by atoms with E-state index in [0.717, 1.165) is 12.1 Å². The molecule has 0 fully saturated rings. The van der Waals surface area contributed by atoms with Crippen LogP contribution in [0.15, 0.2) is 46.2 Å². The van der Waals surface area contributed by atoms with Crippen molar-refractivity contribution in [2.75, 3.05) is 22.9 Å². The average Bonchev–Trinajstić information content (AvgIpc) is 2.39. The van der Waals surface area contributed by atoms with E-state index in [9.17, 15) is 16.8 Å². The zero-order valence-corrected chi connectivity index (χ0v) is 13.8. The number of hydrogen-bond acceptors (Lipinski definition) is 8. The zero-order chi connectivity index (χ0) is 18.7. The van der Waals surface area contributed by atoms with Crippen molar-refractivity contribution in [3.8, 4) is 0 Å². The first kappa shape index (κ1) is 19.5. The monoisotopic (exact) mass is 376 g/mol. The SMILES string of the molecule is Nc1ccc(S(=O)(=O)O)c(N)c1.Nc1ccc(S(=O)(=O)O)cc1N. The lowest BCUT2D eigenvalue weighted by Gasteiger charge is -2.01. The van der Waals surface area contributed by atoms with Crippen molar-refractivity contribution in [2.24, 2.45) is 0 Å². The Morgan fingerprint density at radius 3 is 1.67 bits per heavy atom. The number of anilines is 4. The first-order chi connectivity index (χ1) is 10.8. The first-order valence-corrected chi connectivity index (χ1v) is 8.95. The molecule has 24 heavy (non-hydrogen) atoms. The van der Waals surface area contributed by atoms with Gasteiger partial charge in [-0.25, -0.2) is 0 Å². The molecular formula is C12H16N4O6S2. The van der Waals surface area contributed by atoms with E-state index in [2.05, 4.69) is 0 Å². The zero-order valence-electron chi connectivity index (χ0n) is 12.1. The van der Waals surface area contributed by atoms with Crippen LogP contribution < -0.4 is 22.9 Å². The van der Waals surface area contributed by atoms with E-state index >= 15 is 0 Å². The van der Waals surface area contributed by atoms with E-state index in [-0.39, 0.29) is 26.9 Å². The highest BCUT2D eigenvalue weighted by atomic mass is 32.2. The standard InChI is InChI=1S/2C6H8N2O3S/c7-4-1-2-6(5(8)3-4)12(9,10)11;7-5-2-1-4(3-6(5)8)12(9,10)11/h2*1-3H,7-8H2,(H,9,10,11). The molecule has 10 N–H and O–H groups in total. The van der Waals surface area contributed by atoms with Crippen molar-refractivity contribution in [3.05, 3.63) is 36.4 Å². The molecule has 0 unspecified atom stereocenters. The van der Waals surface area contributed by atoms with Crippen molar-refractivity contribution in [1.29, 1.82) is 0 Å². The molecule has 12 heteroatoms. The Hall–Kier alpha value is -2.54. The molecule has 0 amide bonds. The third-order valence-corrected chi connectivity index (χ3v) is 4.45. The van der Waals surface area contributed by atoms with Crippen molar-refractivity contribution in [2.45, 2.75) is 9.79 Å². The van der Waals surface area contributed by atoms with Crippen LogP contribution in [0.5, 0.6) is 0 Å². The molecular weight excluding hydrogens is 360 g/mol. The van der Waals surface area contributed by atoms with E-state index in [0.29, 0.717) is 5.69 Å². The van der Waals surface area contributed by atoms with Crippen LogP contribution in [-0.2, 0) is 20.2 Å². The second-order valence-corrected chi connectivity index (χ2v) is 7.35. The highest BCUT2D eigenvalue weighted by molar-refractivity contribution is 7.86. The molecule has 0 saturated heterocycles. The summed E-state index contributed by atoms with van der Waals surface area (Å²) in [5, 5.41) is 0. The lowest BCUT2D eigenvalue weighted by molar-refractivity contribution is 0.481. The molecule has 0 aliphatic rings. The van der Waals surface area contributed by atoms with Crippen LogP contribution in [0.4, 0.5) is 22.7 Å². The van der Waals surface area contributed by atoms with Gasteiger partial charge in [-0.1, -0.05) is 0 Å². The van der Waals surface area contributed by atoms with Crippen LogP contribution >= 0.6 is 0 Å². The molecule has 0 heterocycles. The number of benzene rings is 2. The summed E-state index contributed by atoms with van der Waals surface area (Å²) in [7, 11) is -8.41. The van der Waals surface area contributed by atoms with E-state index in [4.69, 9.17) is 32.0 Å². The summed E-state index contributed by atoms with van der Waals surface area (Å²) in [6.45, 7) is 0. The van der Waals surface area contributed by atoms with E-state index in [1.165, 1.54) is 24.3 Å². The molecule has 0 spiro atoms. The van der Waals surface area contributed by atoms with Gasteiger partial charge in [-0.3, -0.25) is 9.11 Å². The smallest absolute Gasteiger partial charge is 0.296 e. The Labute approximate surface area is 138 Å². The van der Waals surface area contributed by atoms with Crippen molar-refractivity contribution in [1.82, 2.24) is 0 Å². The lowest BCUT2D eigenvalue weighted by Crippen LogP contribution is -2.03. The van der Waals surface area contributed by atoms with Crippen LogP contribution in [0.3, 0.4) is 0 Å². The van der Waals surface area contributed by atoms with Gasteiger partial charge in [-0.2, -0.15) is 16.8 Å². The number of hydrogen-bond donors (Lipinski definition) is 6. The fraction of sp³-hybridized carbons (Fsp3) is 0. The fourth-order valence-electron chi connectivity index (χ4n) is 1.52. The number of nitrogens with two attached hydrogens (primary N) is 4. The van der Waals surface area contributed by atoms with Crippen LogP contribution in [0, 0.1) is 0 Å². The molecule has 2 aromatic carbocycles. The van der Waals surface area contributed by atoms with Gasteiger partial charge in [0.05, 0.1) is 22.0 Å². The third kappa shape index (κ3) is 5.27. The summed E-state index contributed by atoms with van der Waals surface area (Å²) in [5.74, 6) is 0. The lowest BCUT2D eigenvalue weighted by atomic mass is 10.3. The minimum Gasteiger partial charge on any atom is -0.399 e. The second-order valence-electron chi connectivity index (χ2n) is 4.54. The quantitative estimate of drug-likeness (QED) is 0.309. The predicted molar refractivity (Wildman–Crippen MR) is 90.2 cm³/mol. The molecule has 2 aromatic rings. The summed E-state index contributed by atoms with van der Waals surface area (Å²) in [6.07, 6.45) is 0. The molecule has 2 rings (SSSR count). The Morgan fingerprint density at radius 1 is 0.667 bits per heavy atom. The maximum atomic E-state index is 10.6. The van der Waals surface area contributed by atoms with Gasteiger partial charge in [0.25, 0.3) is 20.2 Å². The molecule has 0 saturated carbocycles. The van der Waals surface area contributed by atoms with Crippen LogP contribution in [0.1, 0.15) is 0 Å². The molecule has 0 radical (unpaired) electrons. The summed E-state index contributed by atoms with van der Waals surface area (Å²) in [4.78, 5) is -0.578. The van der Waals surface area contributed by atoms with Gasteiger partial charge in [0.2, 0.25) is 0 Å². The van der Waals surface area contributed by atoms with Crippen LogP contribution in [0.2, 0.25) is 0 Å². The number of nitrogen functional groups attached to an aromatic ring is 4. The predicted octanol–water partition coefficient (Wildman–Crippen LogP) is 0.195. The van der Waals surface area contributed by atoms with E-state index < -0.39 is 20.2 Å². The van der Waals surface area contributed by atoms with Gasteiger partial charge in [0.15, 0.2) is 0 Å². The summed E-state index contributed by atoms with van der Waals surface area (Å²) < 4.78 is 59.5. The maximum Gasteiger partial charge on any atom is 0.296 e. The summed E-state index contributed by atoms with van der Waals surface area (Å²) in [6, 6.07) is 7.37. The summed E-state index contributed by atoms with van der Waals surface area (Å²) >= 11 is 0. The Kier molecular flexibility index (Phi) is 5.62. The Balaban J connectivity index is 0.000000240. The van der Waals surface area contributed by atoms with Crippen LogP contribution in [-0.4, -0.2) is 25.9 Å². The Morgan fingerprint density at radius 2 is 1.25 bits per heavy atom. The Bertz CT molecular complexity index is 958. The minimum absolute atomic E-state index is 0.0579. The van der Waals surface area contributed by atoms with Gasteiger partial charge < -0.3 is 22.9 Å². The van der Waals surface area contributed by atoms with Crippen molar-refractivity contribution in [3.63, 3.8) is 0 Å². The third-order valence-electron chi connectivity index (χ3n) is 2.67. The highest BCUT2D eigenvalue weighted by Crippen LogP contribution is 2.20. The van der Waals surface area contributed by atoms with Crippen LogP contribution in [0.25, 0.3) is 0 Å². The second kappa shape index (κ2) is 6.92. The van der Waals surface area contributed by atoms with Gasteiger partial charge in [0, 0.05) is 5.69 Å². The van der Waals surface area contributed by atoms with Gasteiger partial charge in [-0.15, -0.1) is 0 Å². The maximum absolute atomic E-state index is 10.6. The van der Waals surface area contributed by atoms with Gasteiger partial charge >= 0.3 is 0 Å². The summed E-state index contributed by atoms with van der Waals surface area (Å²) in [5.41, 5.74) is 21.9.